The molecule has 0 saturated heterocycles. The molecule has 0 aliphatic rings. The number of hydrogen-bond donors (Lipinski definition) is 3. The SMILES string of the molecule is CC(N)CCCC(=O)NCC(=O)NCc1ccccc1. The highest BCUT2D eigenvalue weighted by atomic mass is 16.2. The summed E-state index contributed by atoms with van der Waals surface area (Å²) in [5.41, 5.74) is 6.63. The quantitative estimate of drug-likeness (QED) is 0.661. The molecule has 5 nitrogen and oxygen atoms in total. The summed E-state index contributed by atoms with van der Waals surface area (Å²) in [5, 5.41) is 5.36. The molecule has 2 amide bonds. The summed E-state index contributed by atoms with van der Waals surface area (Å²) in [6, 6.07) is 9.74. The molecular weight excluding hydrogens is 254 g/mol. The van der Waals surface area contributed by atoms with Crippen molar-refractivity contribution >= 4 is 11.8 Å². The van der Waals surface area contributed by atoms with Crippen LogP contribution in [0.3, 0.4) is 0 Å². The van der Waals surface area contributed by atoms with Crippen LogP contribution in [0.2, 0.25) is 0 Å². The molecule has 0 saturated carbocycles. The Labute approximate surface area is 119 Å². The van der Waals surface area contributed by atoms with E-state index in [-0.39, 0.29) is 24.4 Å². The largest absolute Gasteiger partial charge is 0.350 e. The van der Waals surface area contributed by atoms with Gasteiger partial charge in [-0.05, 0) is 25.3 Å². The molecule has 110 valence electrons. The van der Waals surface area contributed by atoms with E-state index in [0.717, 1.165) is 18.4 Å². The normalized spacial score (nSPS) is 11.7. The number of benzene rings is 1. The van der Waals surface area contributed by atoms with Gasteiger partial charge in [0.25, 0.3) is 0 Å². The second-order valence-corrected chi connectivity index (χ2v) is 4.91. The van der Waals surface area contributed by atoms with Crippen LogP contribution in [-0.2, 0) is 16.1 Å². The summed E-state index contributed by atoms with van der Waals surface area (Å²) in [6.45, 7) is 2.40. The van der Waals surface area contributed by atoms with Crippen molar-refractivity contribution in [2.45, 2.75) is 38.8 Å². The Morgan fingerprint density at radius 3 is 2.50 bits per heavy atom. The Morgan fingerprint density at radius 2 is 1.85 bits per heavy atom. The lowest BCUT2D eigenvalue weighted by atomic mass is 10.1. The maximum Gasteiger partial charge on any atom is 0.239 e. The number of hydrogen-bond acceptors (Lipinski definition) is 3. The van der Waals surface area contributed by atoms with Crippen LogP contribution in [0.5, 0.6) is 0 Å². The van der Waals surface area contributed by atoms with Crippen molar-refractivity contribution in [2.75, 3.05) is 6.54 Å². The van der Waals surface area contributed by atoms with Crippen molar-refractivity contribution < 1.29 is 9.59 Å². The smallest absolute Gasteiger partial charge is 0.239 e. The summed E-state index contributed by atoms with van der Waals surface area (Å²) in [6.07, 6.45) is 1.97. The monoisotopic (exact) mass is 277 g/mol. The highest BCUT2D eigenvalue weighted by molar-refractivity contribution is 5.84. The van der Waals surface area contributed by atoms with Crippen molar-refractivity contribution in [2.24, 2.45) is 5.73 Å². The Hall–Kier alpha value is -1.88. The van der Waals surface area contributed by atoms with Gasteiger partial charge in [0, 0.05) is 19.0 Å². The number of carbonyl (C=O) groups excluding carboxylic acids is 2. The summed E-state index contributed by atoms with van der Waals surface area (Å²) in [7, 11) is 0. The fourth-order valence-electron chi connectivity index (χ4n) is 1.71. The van der Waals surface area contributed by atoms with Gasteiger partial charge < -0.3 is 16.4 Å². The molecule has 0 fully saturated rings. The van der Waals surface area contributed by atoms with Crippen LogP contribution in [0, 0.1) is 0 Å². The van der Waals surface area contributed by atoms with E-state index in [9.17, 15) is 9.59 Å². The van der Waals surface area contributed by atoms with E-state index in [1.807, 2.05) is 37.3 Å². The summed E-state index contributed by atoms with van der Waals surface area (Å²) < 4.78 is 0. The average molecular weight is 277 g/mol. The molecule has 1 unspecified atom stereocenters. The summed E-state index contributed by atoms with van der Waals surface area (Å²) in [5.74, 6) is -0.296. The molecule has 0 aliphatic heterocycles. The van der Waals surface area contributed by atoms with Gasteiger partial charge in [-0.2, -0.15) is 0 Å². The Balaban J connectivity index is 2.12. The van der Waals surface area contributed by atoms with Gasteiger partial charge in [0.1, 0.15) is 0 Å². The zero-order valence-corrected chi connectivity index (χ0v) is 11.9. The molecule has 5 heteroatoms. The van der Waals surface area contributed by atoms with Gasteiger partial charge in [-0.15, -0.1) is 0 Å². The molecule has 0 heterocycles. The maximum atomic E-state index is 11.6. The first-order valence-corrected chi connectivity index (χ1v) is 6.91. The first-order chi connectivity index (χ1) is 9.58. The van der Waals surface area contributed by atoms with Crippen LogP contribution < -0.4 is 16.4 Å². The maximum absolute atomic E-state index is 11.6. The molecule has 20 heavy (non-hydrogen) atoms. The number of amides is 2. The van der Waals surface area contributed by atoms with Crippen LogP contribution in [-0.4, -0.2) is 24.4 Å². The Kier molecular flexibility index (Phi) is 7.35. The van der Waals surface area contributed by atoms with E-state index in [1.54, 1.807) is 0 Å². The average Bonchev–Trinajstić information content (AvgIpc) is 2.43. The minimum atomic E-state index is -0.186. The number of nitrogens with one attached hydrogen (secondary N) is 2. The first kappa shape index (κ1) is 16.2. The zero-order chi connectivity index (χ0) is 14.8. The van der Waals surface area contributed by atoms with Crippen LogP contribution in [0.4, 0.5) is 0 Å². The number of carbonyl (C=O) groups is 2. The Bertz CT molecular complexity index is 418. The summed E-state index contributed by atoms with van der Waals surface area (Å²) in [4.78, 5) is 23.0. The highest BCUT2D eigenvalue weighted by Crippen LogP contribution is 1.98. The van der Waals surface area contributed by atoms with Crippen molar-refractivity contribution in [3.63, 3.8) is 0 Å². The van der Waals surface area contributed by atoms with E-state index < -0.39 is 0 Å². The van der Waals surface area contributed by atoms with E-state index in [0.29, 0.717) is 13.0 Å². The molecule has 1 aromatic rings. The molecule has 0 aromatic heterocycles. The van der Waals surface area contributed by atoms with Gasteiger partial charge in [0.05, 0.1) is 6.54 Å². The van der Waals surface area contributed by atoms with Crippen molar-refractivity contribution in [3.05, 3.63) is 35.9 Å². The molecule has 1 aromatic carbocycles. The van der Waals surface area contributed by atoms with Gasteiger partial charge in [0.15, 0.2) is 0 Å². The topological polar surface area (TPSA) is 84.2 Å². The molecular formula is C15H23N3O2. The third-order valence-electron chi connectivity index (χ3n) is 2.84. The van der Waals surface area contributed by atoms with Crippen LogP contribution in [0.25, 0.3) is 0 Å². The van der Waals surface area contributed by atoms with Crippen molar-refractivity contribution in [1.82, 2.24) is 10.6 Å². The predicted octanol–water partition coefficient (Wildman–Crippen LogP) is 0.937. The second kappa shape index (κ2) is 9.09. The van der Waals surface area contributed by atoms with E-state index in [1.165, 1.54) is 0 Å². The lowest BCUT2D eigenvalue weighted by Crippen LogP contribution is -2.36. The number of nitrogens with two attached hydrogens (primary N) is 1. The molecule has 1 atom stereocenters. The van der Waals surface area contributed by atoms with Gasteiger partial charge in [-0.25, -0.2) is 0 Å². The molecule has 0 aliphatic carbocycles. The fourth-order valence-corrected chi connectivity index (χ4v) is 1.71. The van der Waals surface area contributed by atoms with E-state index in [2.05, 4.69) is 10.6 Å². The second-order valence-electron chi connectivity index (χ2n) is 4.91. The third-order valence-corrected chi connectivity index (χ3v) is 2.84. The van der Waals surface area contributed by atoms with Gasteiger partial charge in [0.2, 0.25) is 11.8 Å². The molecule has 0 radical (unpaired) electrons. The minimum Gasteiger partial charge on any atom is -0.350 e. The number of rotatable bonds is 8. The molecule has 1 rings (SSSR count). The zero-order valence-electron chi connectivity index (χ0n) is 11.9. The highest BCUT2D eigenvalue weighted by Gasteiger charge is 2.05. The van der Waals surface area contributed by atoms with Crippen LogP contribution in [0.1, 0.15) is 31.7 Å². The predicted molar refractivity (Wildman–Crippen MR) is 78.8 cm³/mol. The molecule has 4 N–H and O–H groups in total. The van der Waals surface area contributed by atoms with Crippen molar-refractivity contribution in [1.29, 1.82) is 0 Å². The lowest BCUT2D eigenvalue weighted by molar-refractivity contribution is -0.126. The van der Waals surface area contributed by atoms with Gasteiger partial charge in [-0.3, -0.25) is 9.59 Å². The Morgan fingerprint density at radius 1 is 1.15 bits per heavy atom. The van der Waals surface area contributed by atoms with E-state index >= 15 is 0 Å². The minimum absolute atomic E-state index is 0.0177. The standard InChI is InChI=1S/C15H23N3O2/c1-12(16)6-5-9-14(19)18-11-15(20)17-10-13-7-3-2-4-8-13/h2-4,7-8,12H,5-6,9-11,16H2,1H3,(H,17,20)(H,18,19). The van der Waals surface area contributed by atoms with Crippen LogP contribution in [0.15, 0.2) is 30.3 Å². The summed E-state index contributed by atoms with van der Waals surface area (Å²) >= 11 is 0. The molecule has 0 spiro atoms. The van der Waals surface area contributed by atoms with E-state index in [4.69, 9.17) is 5.73 Å². The lowest BCUT2D eigenvalue weighted by Gasteiger charge is -2.08. The van der Waals surface area contributed by atoms with Gasteiger partial charge >= 0.3 is 0 Å². The third kappa shape index (κ3) is 7.53. The van der Waals surface area contributed by atoms with Gasteiger partial charge in [-0.1, -0.05) is 30.3 Å². The molecule has 0 bridgehead atoms. The first-order valence-electron chi connectivity index (χ1n) is 6.91. The van der Waals surface area contributed by atoms with Crippen LogP contribution >= 0.6 is 0 Å². The fraction of sp³-hybridized carbons (Fsp3) is 0.467. The van der Waals surface area contributed by atoms with Crippen molar-refractivity contribution in [3.8, 4) is 0 Å².